The van der Waals surface area contributed by atoms with E-state index in [1.54, 1.807) is 6.26 Å². The smallest absolute Gasteiger partial charge is 0.126 e. The van der Waals surface area contributed by atoms with Gasteiger partial charge in [-0.15, -0.1) is 23.5 Å². The van der Waals surface area contributed by atoms with Gasteiger partial charge in [-0.05, 0) is 43.1 Å². The first-order valence-corrected chi connectivity index (χ1v) is 6.76. The van der Waals surface area contributed by atoms with Gasteiger partial charge in [0.2, 0.25) is 0 Å². The van der Waals surface area contributed by atoms with Crippen LogP contribution in [0.2, 0.25) is 0 Å². The molecule has 2 rings (SSSR count). The van der Waals surface area contributed by atoms with E-state index in [0.29, 0.717) is 0 Å². The van der Waals surface area contributed by atoms with Crippen molar-refractivity contribution in [2.45, 2.75) is 17.4 Å². The molecule has 0 aliphatic carbocycles. The van der Waals surface area contributed by atoms with Crippen molar-refractivity contribution in [1.29, 1.82) is 0 Å². The quantitative estimate of drug-likeness (QED) is 0.759. The first kappa shape index (κ1) is 10.2. The molecule has 0 radical (unpaired) electrons. The number of hydrogen-bond acceptors (Lipinski definition) is 3. The maximum absolute atomic E-state index is 5.26. The fraction of sp³-hybridized carbons (Fsp3) is 0.455. The minimum atomic E-state index is 0.241. The summed E-state index contributed by atoms with van der Waals surface area (Å²) in [5, 5.41) is 0. The second kappa shape index (κ2) is 4.49. The molecule has 1 saturated heterocycles. The molecule has 14 heavy (non-hydrogen) atoms. The molecule has 0 amide bonds. The zero-order valence-corrected chi connectivity index (χ0v) is 9.87. The number of thioether (sulfide) groups is 2. The summed E-state index contributed by atoms with van der Waals surface area (Å²) in [6, 6.07) is 3.90. The predicted molar refractivity (Wildman–Crippen MR) is 65.7 cm³/mol. The van der Waals surface area contributed by atoms with Gasteiger partial charge in [0.05, 0.1) is 10.3 Å². The Kier molecular flexibility index (Phi) is 3.29. The van der Waals surface area contributed by atoms with Crippen molar-refractivity contribution in [3.05, 3.63) is 30.2 Å². The molecule has 76 valence electrons. The zero-order valence-electron chi connectivity index (χ0n) is 8.23. The van der Waals surface area contributed by atoms with Crippen molar-refractivity contribution in [2.24, 2.45) is 0 Å². The lowest BCUT2D eigenvalue weighted by Gasteiger charge is -2.28. The summed E-state index contributed by atoms with van der Waals surface area (Å²) in [5.41, 5.74) is 0. The van der Waals surface area contributed by atoms with Gasteiger partial charge >= 0.3 is 0 Å². The van der Waals surface area contributed by atoms with Gasteiger partial charge in [-0.3, -0.25) is 0 Å². The Hall–Kier alpha value is -0.280. The van der Waals surface area contributed by atoms with Gasteiger partial charge in [0.1, 0.15) is 5.76 Å². The fourth-order valence-electron chi connectivity index (χ4n) is 1.37. The van der Waals surface area contributed by atoms with Gasteiger partial charge in [-0.2, -0.15) is 0 Å². The van der Waals surface area contributed by atoms with Crippen LogP contribution in [0, 0.1) is 0 Å². The molecule has 0 aromatic carbocycles. The molecule has 1 aromatic heterocycles. The number of hydrogen-bond donors (Lipinski definition) is 0. The van der Waals surface area contributed by atoms with E-state index in [0.717, 1.165) is 5.76 Å². The minimum Gasteiger partial charge on any atom is -0.465 e. The molecule has 2 heterocycles. The molecule has 0 unspecified atom stereocenters. The van der Waals surface area contributed by atoms with Gasteiger partial charge in [-0.25, -0.2) is 0 Å². The van der Waals surface area contributed by atoms with E-state index in [1.165, 1.54) is 17.9 Å². The van der Waals surface area contributed by atoms with Crippen molar-refractivity contribution in [2.75, 3.05) is 11.5 Å². The number of rotatable bonds is 2. The molecular formula is C11H14OS2. The number of furan rings is 1. The summed E-state index contributed by atoms with van der Waals surface area (Å²) < 4.78 is 5.51. The van der Waals surface area contributed by atoms with Crippen LogP contribution in [0.3, 0.4) is 0 Å². The van der Waals surface area contributed by atoms with Crippen molar-refractivity contribution in [3.8, 4) is 0 Å². The summed E-state index contributed by atoms with van der Waals surface area (Å²) in [7, 11) is 0. The lowest BCUT2D eigenvalue weighted by molar-refractivity contribution is 0.557. The van der Waals surface area contributed by atoms with Gasteiger partial charge in [-0.1, -0.05) is 6.08 Å². The van der Waals surface area contributed by atoms with Crippen LogP contribution in [0.5, 0.6) is 0 Å². The zero-order chi connectivity index (χ0) is 9.86. The summed E-state index contributed by atoms with van der Waals surface area (Å²) in [6.45, 7) is 2.28. The van der Waals surface area contributed by atoms with Crippen LogP contribution in [0.4, 0.5) is 0 Å². The Labute approximate surface area is 93.3 Å². The van der Waals surface area contributed by atoms with E-state index in [-0.39, 0.29) is 4.08 Å². The van der Waals surface area contributed by atoms with Crippen LogP contribution >= 0.6 is 23.5 Å². The molecule has 3 heteroatoms. The third-order valence-corrected chi connectivity index (χ3v) is 5.27. The van der Waals surface area contributed by atoms with E-state index in [9.17, 15) is 0 Å². The molecule has 1 fully saturated rings. The average Bonchev–Trinajstić information content (AvgIpc) is 2.69. The van der Waals surface area contributed by atoms with Crippen molar-refractivity contribution >= 4 is 29.6 Å². The van der Waals surface area contributed by atoms with Crippen LogP contribution in [0.1, 0.15) is 19.1 Å². The second-order valence-electron chi connectivity index (χ2n) is 3.42. The Morgan fingerprint density at radius 3 is 2.86 bits per heavy atom. The highest BCUT2D eigenvalue weighted by atomic mass is 32.2. The Bertz CT molecular complexity index is 297. The predicted octanol–water partition coefficient (Wildman–Crippen LogP) is 3.88. The van der Waals surface area contributed by atoms with Crippen LogP contribution in [-0.4, -0.2) is 15.6 Å². The lowest BCUT2D eigenvalue weighted by atomic mass is 10.3. The Morgan fingerprint density at radius 1 is 1.43 bits per heavy atom. The van der Waals surface area contributed by atoms with Gasteiger partial charge in [0.25, 0.3) is 0 Å². The van der Waals surface area contributed by atoms with Gasteiger partial charge < -0.3 is 4.42 Å². The topological polar surface area (TPSA) is 13.1 Å². The molecule has 0 atom stereocenters. The molecule has 0 saturated carbocycles. The molecule has 1 aliphatic heterocycles. The van der Waals surface area contributed by atoms with Crippen LogP contribution < -0.4 is 0 Å². The van der Waals surface area contributed by atoms with E-state index >= 15 is 0 Å². The molecule has 0 N–H and O–H groups in total. The van der Waals surface area contributed by atoms with E-state index in [4.69, 9.17) is 4.42 Å². The van der Waals surface area contributed by atoms with Crippen molar-refractivity contribution in [3.63, 3.8) is 0 Å². The monoisotopic (exact) mass is 226 g/mol. The lowest BCUT2D eigenvalue weighted by Crippen LogP contribution is -2.17. The maximum Gasteiger partial charge on any atom is 0.126 e. The standard InChI is InChI=1S/C11H14OS2/c1-11(13-8-3-9-14-11)6-5-10-4-2-7-12-10/h2,4-7H,3,8-9H2,1H3/b6-5+. The van der Waals surface area contributed by atoms with Crippen LogP contribution in [0.15, 0.2) is 28.9 Å². The van der Waals surface area contributed by atoms with Crippen LogP contribution in [-0.2, 0) is 0 Å². The van der Waals surface area contributed by atoms with Crippen molar-refractivity contribution < 1.29 is 4.42 Å². The summed E-state index contributed by atoms with van der Waals surface area (Å²) in [6.07, 6.45) is 7.37. The highest BCUT2D eigenvalue weighted by Gasteiger charge is 2.24. The third kappa shape index (κ3) is 2.61. The largest absolute Gasteiger partial charge is 0.465 e. The summed E-state index contributed by atoms with van der Waals surface area (Å²) >= 11 is 4.04. The Balaban J connectivity index is 2.01. The minimum absolute atomic E-state index is 0.241. The SMILES string of the molecule is CC1(/C=C/c2ccco2)SCCCS1. The van der Waals surface area contributed by atoms with E-state index in [1.807, 2.05) is 35.7 Å². The average molecular weight is 226 g/mol. The van der Waals surface area contributed by atoms with E-state index < -0.39 is 0 Å². The Morgan fingerprint density at radius 2 is 2.21 bits per heavy atom. The van der Waals surface area contributed by atoms with Crippen LogP contribution in [0.25, 0.3) is 6.08 Å². The van der Waals surface area contributed by atoms with E-state index in [2.05, 4.69) is 19.1 Å². The second-order valence-corrected chi connectivity index (χ2v) is 6.76. The van der Waals surface area contributed by atoms with Crippen molar-refractivity contribution in [1.82, 2.24) is 0 Å². The highest BCUT2D eigenvalue weighted by Crippen LogP contribution is 2.43. The molecule has 1 aromatic rings. The summed E-state index contributed by atoms with van der Waals surface area (Å²) in [4.78, 5) is 0. The van der Waals surface area contributed by atoms with Gasteiger partial charge in [0.15, 0.2) is 0 Å². The summed E-state index contributed by atoms with van der Waals surface area (Å²) in [5.74, 6) is 3.48. The highest BCUT2D eigenvalue weighted by molar-refractivity contribution is 8.19. The molecular weight excluding hydrogens is 212 g/mol. The maximum atomic E-state index is 5.26. The molecule has 1 nitrogen and oxygen atoms in total. The first-order chi connectivity index (χ1) is 6.79. The molecule has 0 spiro atoms. The molecule has 1 aliphatic rings. The first-order valence-electron chi connectivity index (χ1n) is 4.79. The van der Waals surface area contributed by atoms with Gasteiger partial charge in [0, 0.05) is 0 Å². The fourth-order valence-corrected chi connectivity index (χ4v) is 4.10. The third-order valence-electron chi connectivity index (χ3n) is 2.16. The normalized spacial score (nSPS) is 21.5. The molecule has 0 bridgehead atoms.